The van der Waals surface area contributed by atoms with Gasteiger partial charge in [0.25, 0.3) is 5.91 Å². The number of carbonyl (C=O) groups is 2. The van der Waals surface area contributed by atoms with E-state index in [1.54, 1.807) is 24.3 Å². The Morgan fingerprint density at radius 1 is 1.11 bits per heavy atom. The van der Waals surface area contributed by atoms with Crippen molar-refractivity contribution < 1.29 is 24.2 Å². The van der Waals surface area contributed by atoms with Gasteiger partial charge in [0.2, 0.25) is 0 Å². The van der Waals surface area contributed by atoms with Gasteiger partial charge in [-0.15, -0.1) is 0 Å². The normalized spacial score (nSPS) is 15.9. The molecule has 1 saturated heterocycles. The SMILES string of the molecule is O=C(O)CN(CCc1ccccc1)C(=O)c1ccc(OCC2CCCO2)cc1. The fourth-order valence-corrected chi connectivity index (χ4v) is 3.17. The molecule has 1 amide bonds. The lowest BCUT2D eigenvalue weighted by molar-refractivity contribution is -0.137. The van der Waals surface area contributed by atoms with Crippen LogP contribution in [0.2, 0.25) is 0 Å². The van der Waals surface area contributed by atoms with Crippen LogP contribution in [0.25, 0.3) is 0 Å². The topological polar surface area (TPSA) is 76.1 Å². The smallest absolute Gasteiger partial charge is 0.323 e. The Balaban J connectivity index is 1.59. The van der Waals surface area contributed by atoms with E-state index in [4.69, 9.17) is 14.6 Å². The molecule has 1 aliphatic heterocycles. The second-order valence-electron chi connectivity index (χ2n) is 6.83. The molecule has 0 aliphatic carbocycles. The second kappa shape index (κ2) is 9.90. The average Bonchev–Trinajstić information content (AvgIpc) is 3.24. The third kappa shape index (κ3) is 5.82. The molecule has 1 atom stereocenters. The zero-order valence-corrected chi connectivity index (χ0v) is 15.8. The number of benzene rings is 2. The second-order valence-corrected chi connectivity index (χ2v) is 6.83. The fraction of sp³-hybridized carbons (Fsp3) is 0.364. The summed E-state index contributed by atoms with van der Waals surface area (Å²) < 4.78 is 11.2. The summed E-state index contributed by atoms with van der Waals surface area (Å²) in [6.45, 7) is 1.29. The molecular formula is C22H25NO5. The summed E-state index contributed by atoms with van der Waals surface area (Å²) in [4.78, 5) is 25.3. The minimum atomic E-state index is -1.03. The van der Waals surface area contributed by atoms with Gasteiger partial charge in [0.1, 0.15) is 18.9 Å². The van der Waals surface area contributed by atoms with Gasteiger partial charge in [0.15, 0.2) is 0 Å². The van der Waals surface area contributed by atoms with E-state index in [9.17, 15) is 9.59 Å². The Morgan fingerprint density at radius 3 is 2.50 bits per heavy atom. The maximum atomic E-state index is 12.8. The molecule has 2 aromatic carbocycles. The Morgan fingerprint density at radius 2 is 1.86 bits per heavy atom. The van der Waals surface area contributed by atoms with Crippen LogP contribution in [-0.4, -0.2) is 54.3 Å². The van der Waals surface area contributed by atoms with Crippen molar-refractivity contribution in [3.63, 3.8) is 0 Å². The van der Waals surface area contributed by atoms with E-state index in [1.165, 1.54) is 4.90 Å². The van der Waals surface area contributed by atoms with Crippen molar-refractivity contribution in [2.45, 2.75) is 25.4 Å². The van der Waals surface area contributed by atoms with Crippen LogP contribution in [0.5, 0.6) is 5.75 Å². The van der Waals surface area contributed by atoms with Crippen LogP contribution in [-0.2, 0) is 16.0 Å². The molecule has 0 bridgehead atoms. The summed E-state index contributed by atoms with van der Waals surface area (Å²) in [5, 5.41) is 9.17. The highest BCUT2D eigenvalue weighted by molar-refractivity contribution is 5.96. The third-order valence-electron chi connectivity index (χ3n) is 4.69. The van der Waals surface area contributed by atoms with Crippen molar-refractivity contribution in [2.24, 2.45) is 0 Å². The number of ether oxygens (including phenoxy) is 2. The molecular weight excluding hydrogens is 358 g/mol. The highest BCUT2D eigenvalue weighted by Gasteiger charge is 2.19. The molecule has 6 nitrogen and oxygen atoms in total. The first-order valence-corrected chi connectivity index (χ1v) is 9.51. The standard InChI is InChI=1S/C22H25NO5/c24-21(25)15-23(13-12-17-5-2-1-3-6-17)22(26)18-8-10-19(11-9-18)28-16-20-7-4-14-27-20/h1-3,5-6,8-11,20H,4,7,12-16H2,(H,24,25). The maximum Gasteiger partial charge on any atom is 0.323 e. The van der Waals surface area contributed by atoms with Gasteiger partial charge in [0, 0.05) is 18.7 Å². The zero-order chi connectivity index (χ0) is 19.8. The monoisotopic (exact) mass is 383 g/mol. The number of carbonyl (C=O) groups excluding carboxylic acids is 1. The van der Waals surface area contributed by atoms with Crippen molar-refractivity contribution in [1.29, 1.82) is 0 Å². The number of hydrogen-bond donors (Lipinski definition) is 1. The molecule has 0 spiro atoms. The molecule has 1 aliphatic rings. The lowest BCUT2D eigenvalue weighted by Crippen LogP contribution is -2.37. The lowest BCUT2D eigenvalue weighted by Gasteiger charge is -2.21. The van der Waals surface area contributed by atoms with Crippen LogP contribution in [0.15, 0.2) is 54.6 Å². The van der Waals surface area contributed by atoms with Crippen LogP contribution in [0, 0.1) is 0 Å². The van der Waals surface area contributed by atoms with Crippen molar-refractivity contribution >= 4 is 11.9 Å². The molecule has 6 heteroatoms. The molecule has 2 aromatic rings. The summed E-state index contributed by atoms with van der Waals surface area (Å²) in [5.41, 5.74) is 1.50. The quantitative estimate of drug-likeness (QED) is 0.720. The van der Waals surface area contributed by atoms with Gasteiger partial charge >= 0.3 is 5.97 Å². The number of carboxylic acids is 1. The number of carboxylic acid groups (broad SMARTS) is 1. The van der Waals surface area contributed by atoms with Gasteiger partial charge in [-0.3, -0.25) is 9.59 Å². The van der Waals surface area contributed by atoms with E-state index in [0.29, 0.717) is 30.9 Å². The van der Waals surface area contributed by atoms with Gasteiger partial charge < -0.3 is 19.5 Å². The summed E-state index contributed by atoms with van der Waals surface area (Å²) in [6, 6.07) is 16.5. The molecule has 1 N–H and O–H groups in total. The van der Waals surface area contributed by atoms with Gasteiger partial charge in [-0.1, -0.05) is 30.3 Å². The Labute approximate surface area is 164 Å². The summed E-state index contributed by atoms with van der Waals surface area (Å²) >= 11 is 0. The first-order chi connectivity index (χ1) is 13.6. The van der Waals surface area contributed by atoms with Gasteiger partial charge in [-0.25, -0.2) is 0 Å². The first kappa shape index (κ1) is 19.9. The number of nitrogens with zero attached hydrogens (tertiary/aromatic N) is 1. The zero-order valence-electron chi connectivity index (χ0n) is 15.8. The predicted molar refractivity (Wildman–Crippen MR) is 105 cm³/mol. The van der Waals surface area contributed by atoms with Gasteiger partial charge in [-0.2, -0.15) is 0 Å². The van der Waals surface area contributed by atoms with Gasteiger partial charge in [0.05, 0.1) is 6.10 Å². The molecule has 1 unspecified atom stereocenters. The van der Waals surface area contributed by atoms with Crippen LogP contribution >= 0.6 is 0 Å². The Hall–Kier alpha value is -2.86. The van der Waals surface area contributed by atoms with Crippen LogP contribution in [0.4, 0.5) is 0 Å². The van der Waals surface area contributed by atoms with Crippen molar-refractivity contribution in [3.05, 3.63) is 65.7 Å². The fourth-order valence-electron chi connectivity index (χ4n) is 3.17. The highest BCUT2D eigenvalue weighted by Crippen LogP contribution is 2.17. The largest absolute Gasteiger partial charge is 0.491 e. The molecule has 1 heterocycles. The van der Waals surface area contributed by atoms with E-state index in [2.05, 4.69) is 0 Å². The minimum absolute atomic E-state index is 0.130. The number of amides is 1. The minimum Gasteiger partial charge on any atom is -0.491 e. The first-order valence-electron chi connectivity index (χ1n) is 9.51. The van der Waals surface area contributed by atoms with E-state index in [1.807, 2.05) is 30.3 Å². The molecule has 28 heavy (non-hydrogen) atoms. The van der Waals surface area contributed by atoms with E-state index in [0.717, 1.165) is 25.0 Å². The van der Waals surface area contributed by atoms with E-state index in [-0.39, 0.29) is 18.6 Å². The Kier molecular flexibility index (Phi) is 7.03. The van der Waals surface area contributed by atoms with E-state index >= 15 is 0 Å². The van der Waals surface area contributed by atoms with Crippen LogP contribution < -0.4 is 4.74 Å². The molecule has 1 fully saturated rings. The summed E-state index contributed by atoms with van der Waals surface area (Å²) in [6.07, 6.45) is 2.79. The predicted octanol–water partition coefficient (Wildman–Crippen LogP) is 3.01. The number of rotatable bonds is 9. The summed E-state index contributed by atoms with van der Waals surface area (Å²) in [7, 11) is 0. The molecule has 0 aromatic heterocycles. The molecule has 0 radical (unpaired) electrons. The number of hydrogen-bond acceptors (Lipinski definition) is 4. The third-order valence-corrected chi connectivity index (χ3v) is 4.69. The van der Waals surface area contributed by atoms with Crippen molar-refractivity contribution in [2.75, 3.05) is 26.3 Å². The highest BCUT2D eigenvalue weighted by atomic mass is 16.5. The van der Waals surface area contributed by atoms with E-state index < -0.39 is 5.97 Å². The van der Waals surface area contributed by atoms with Crippen molar-refractivity contribution in [3.8, 4) is 5.75 Å². The van der Waals surface area contributed by atoms with Crippen LogP contribution in [0.1, 0.15) is 28.8 Å². The molecule has 148 valence electrons. The number of aliphatic carboxylic acids is 1. The molecule has 3 rings (SSSR count). The average molecular weight is 383 g/mol. The summed E-state index contributed by atoms with van der Waals surface area (Å²) in [5.74, 6) is -0.664. The van der Waals surface area contributed by atoms with Crippen LogP contribution in [0.3, 0.4) is 0 Å². The maximum absolute atomic E-state index is 12.8. The Bertz CT molecular complexity index is 769. The van der Waals surface area contributed by atoms with Crippen molar-refractivity contribution in [1.82, 2.24) is 4.90 Å². The lowest BCUT2D eigenvalue weighted by atomic mass is 10.1. The molecule has 0 saturated carbocycles. The van der Waals surface area contributed by atoms with Gasteiger partial charge in [-0.05, 0) is 49.1 Å².